The van der Waals surface area contributed by atoms with Crippen molar-refractivity contribution in [3.05, 3.63) is 59.1 Å². The molecule has 3 rings (SSSR count). The van der Waals surface area contributed by atoms with E-state index in [-0.39, 0.29) is 29.8 Å². The molecule has 2 atom stereocenters. The van der Waals surface area contributed by atoms with Gasteiger partial charge in [0, 0.05) is 17.3 Å². The van der Waals surface area contributed by atoms with Crippen molar-refractivity contribution >= 4 is 29.1 Å². The maximum atomic E-state index is 12.3. The summed E-state index contributed by atoms with van der Waals surface area (Å²) in [4.78, 5) is 24.6. The topological polar surface area (TPSA) is 67.4 Å². The summed E-state index contributed by atoms with van der Waals surface area (Å²) >= 11 is 6.09. The fourth-order valence-corrected chi connectivity index (χ4v) is 3.06. The van der Waals surface area contributed by atoms with Gasteiger partial charge in [0.15, 0.2) is 0 Å². The van der Waals surface area contributed by atoms with Crippen LogP contribution in [0.15, 0.2) is 48.5 Å². The number of hydrogen-bond donors (Lipinski definition) is 2. The molecular weight excluding hydrogens is 364 g/mol. The SMILES string of the molecule is CC(C)Oc1ccc(NC(=O)C2CC2C(=O)NCc2ccccc2Cl)cc1. The second-order valence-corrected chi connectivity index (χ2v) is 7.35. The van der Waals surface area contributed by atoms with Crippen LogP contribution in [0.5, 0.6) is 5.75 Å². The van der Waals surface area contributed by atoms with Crippen molar-refractivity contribution < 1.29 is 14.3 Å². The summed E-state index contributed by atoms with van der Waals surface area (Å²) in [5, 5.41) is 6.33. The van der Waals surface area contributed by atoms with Gasteiger partial charge in [-0.1, -0.05) is 29.8 Å². The highest BCUT2D eigenvalue weighted by Crippen LogP contribution is 2.39. The summed E-state index contributed by atoms with van der Waals surface area (Å²) in [6.45, 7) is 4.28. The normalized spacial score (nSPS) is 18.1. The van der Waals surface area contributed by atoms with E-state index in [1.807, 2.05) is 44.2 Å². The van der Waals surface area contributed by atoms with Gasteiger partial charge in [-0.3, -0.25) is 9.59 Å². The molecule has 5 nitrogen and oxygen atoms in total. The largest absolute Gasteiger partial charge is 0.491 e. The van der Waals surface area contributed by atoms with Crippen LogP contribution in [0.2, 0.25) is 5.02 Å². The molecule has 142 valence electrons. The van der Waals surface area contributed by atoms with Crippen LogP contribution < -0.4 is 15.4 Å². The van der Waals surface area contributed by atoms with Gasteiger partial charge in [0.2, 0.25) is 11.8 Å². The molecule has 0 heterocycles. The van der Waals surface area contributed by atoms with E-state index in [9.17, 15) is 9.59 Å². The van der Waals surface area contributed by atoms with Crippen molar-refractivity contribution in [1.82, 2.24) is 5.32 Å². The number of amides is 2. The molecular formula is C21H23ClN2O3. The lowest BCUT2D eigenvalue weighted by Gasteiger charge is -2.10. The number of carbonyl (C=O) groups excluding carboxylic acids is 2. The van der Waals surface area contributed by atoms with Crippen LogP contribution in [0.25, 0.3) is 0 Å². The Morgan fingerprint density at radius 3 is 2.41 bits per heavy atom. The zero-order valence-corrected chi connectivity index (χ0v) is 16.1. The molecule has 0 spiro atoms. The lowest BCUT2D eigenvalue weighted by Crippen LogP contribution is -2.27. The smallest absolute Gasteiger partial charge is 0.228 e. The highest BCUT2D eigenvalue weighted by Gasteiger charge is 2.47. The van der Waals surface area contributed by atoms with Crippen LogP contribution in [0.4, 0.5) is 5.69 Å². The quantitative estimate of drug-likeness (QED) is 0.755. The second-order valence-electron chi connectivity index (χ2n) is 6.94. The number of benzene rings is 2. The van der Waals surface area contributed by atoms with Crippen molar-refractivity contribution in [2.24, 2.45) is 11.8 Å². The van der Waals surface area contributed by atoms with Crippen molar-refractivity contribution in [1.29, 1.82) is 0 Å². The van der Waals surface area contributed by atoms with Crippen LogP contribution >= 0.6 is 11.6 Å². The second kappa shape index (κ2) is 8.44. The molecule has 6 heteroatoms. The first-order valence-corrected chi connectivity index (χ1v) is 9.40. The molecule has 0 aliphatic heterocycles. The van der Waals surface area contributed by atoms with E-state index in [0.29, 0.717) is 23.7 Å². The third-order valence-corrected chi connectivity index (χ3v) is 4.74. The Labute approximate surface area is 164 Å². The molecule has 0 aromatic heterocycles. The predicted molar refractivity (Wildman–Crippen MR) is 106 cm³/mol. The number of halogens is 1. The summed E-state index contributed by atoms with van der Waals surface area (Å²) in [6.07, 6.45) is 0.663. The summed E-state index contributed by atoms with van der Waals surface area (Å²) in [6, 6.07) is 14.6. The minimum atomic E-state index is -0.289. The lowest BCUT2D eigenvalue weighted by molar-refractivity contribution is -0.125. The summed E-state index contributed by atoms with van der Waals surface area (Å²) in [5.41, 5.74) is 1.55. The van der Waals surface area contributed by atoms with Crippen molar-refractivity contribution in [2.45, 2.75) is 32.9 Å². The number of anilines is 1. The van der Waals surface area contributed by atoms with Gasteiger partial charge in [0.05, 0.1) is 17.9 Å². The first-order valence-electron chi connectivity index (χ1n) is 9.02. The highest BCUT2D eigenvalue weighted by atomic mass is 35.5. The van der Waals surface area contributed by atoms with Gasteiger partial charge in [-0.25, -0.2) is 0 Å². The Bertz CT molecular complexity index is 820. The van der Waals surface area contributed by atoms with E-state index >= 15 is 0 Å². The monoisotopic (exact) mass is 386 g/mol. The van der Waals surface area contributed by atoms with E-state index in [1.54, 1.807) is 18.2 Å². The molecule has 0 saturated heterocycles. The van der Waals surface area contributed by atoms with Crippen LogP contribution in [0.3, 0.4) is 0 Å². The Kier molecular flexibility index (Phi) is 6.01. The third-order valence-electron chi connectivity index (χ3n) is 4.37. The first kappa shape index (κ1) is 19.2. The average Bonchev–Trinajstić information content (AvgIpc) is 3.43. The van der Waals surface area contributed by atoms with E-state index in [2.05, 4.69) is 10.6 Å². The van der Waals surface area contributed by atoms with Crippen LogP contribution in [0.1, 0.15) is 25.8 Å². The van der Waals surface area contributed by atoms with E-state index < -0.39 is 0 Å². The standard InChI is InChI=1S/C21H23ClN2O3/c1-13(2)27-16-9-7-15(8-10-16)24-21(26)18-11-17(18)20(25)23-12-14-5-3-4-6-19(14)22/h3-10,13,17-18H,11-12H2,1-2H3,(H,23,25)(H,24,26). The Hall–Kier alpha value is -2.53. The number of hydrogen-bond acceptors (Lipinski definition) is 3. The molecule has 2 unspecified atom stereocenters. The lowest BCUT2D eigenvalue weighted by atomic mass is 10.2. The minimum absolute atomic E-state index is 0.0990. The van der Waals surface area contributed by atoms with Gasteiger partial charge in [-0.15, -0.1) is 0 Å². The van der Waals surface area contributed by atoms with Gasteiger partial charge in [-0.05, 0) is 56.2 Å². The molecule has 1 saturated carbocycles. The first-order chi connectivity index (χ1) is 12.9. The average molecular weight is 387 g/mol. The van der Waals surface area contributed by atoms with Crippen LogP contribution in [0, 0.1) is 11.8 Å². The van der Waals surface area contributed by atoms with E-state index in [4.69, 9.17) is 16.3 Å². The van der Waals surface area contributed by atoms with Gasteiger partial charge in [-0.2, -0.15) is 0 Å². The molecule has 27 heavy (non-hydrogen) atoms. The van der Waals surface area contributed by atoms with Gasteiger partial charge >= 0.3 is 0 Å². The molecule has 2 aromatic rings. The van der Waals surface area contributed by atoms with Crippen molar-refractivity contribution in [3.8, 4) is 5.75 Å². The molecule has 1 aliphatic carbocycles. The maximum Gasteiger partial charge on any atom is 0.228 e. The summed E-state index contributed by atoms with van der Waals surface area (Å²) < 4.78 is 5.58. The summed E-state index contributed by atoms with van der Waals surface area (Å²) in [7, 11) is 0. The number of carbonyl (C=O) groups is 2. The molecule has 1 fully saturated rings. The Balaban J connectivity index is 1.47. The van der Waals surface area contributed by atoms with Gasteiger partial charge < -0.3 is 15.4 Å². The molecule has 0 radical (unpaired) electrons. The number of rotatable bonds is 7. The third kappa shape index (κ3) is 5.23. The minimum Gasteiger partial charge on any atom is -0.491 e. The highest BCUT2D eigenvalue weighted by molar-refractivity contribution is 6.31. The van der Waals surface area contributed by atoms with Crippen molar-refractivity contribution in [3.63, 3.8) is 0 Å². The maximum absolute atomic E-state index is 12.3. The molecule has 2 aromatic carbocycles. The van der Waals surface area contributed by atoms with Crippen LogP contribution in [-0.4, -0.2) is 17.9 Å². The zero-order chi connectivity index (χ0) is 19.4. The van der Waals surface area contributed by atoms with E-state index in [1.165, 1.54) is 0 Å². The molecule has 1 aliphatic rings. The van der Waals surface area contributed by atoms with Gasteiger partial charge in [0.1, 0.15) is 5.75 Å². The number of nitrogens with one attached hydrogen (secondary N) is 2. The zero-order valence-electron chi connectivity index (χ0n) is 15.4. The Morgan fingerprint density at radius 1 is 1.07 bits per heavy atom. The van der Waals surface area contributed by atoms with Gasteiger partial charge in [0.25, 0.3) is 0 Å². The molecule has 0 bridgehead atoms. The number of ether oxygens (including phenoxy) is 1. The molecule has 2 N–H and O–H groups in total. The Morgan fingerprint density at radius 2 is 1.74 bits per heavy atom. The van der Waals surface area contributed by atoms with Crippen molar-refractivity contribution in [2.75, 3.05) is 5.32 Å². The van der Waals surface area contributed by atoms with Crippen LogP contribution in [-0.2, 0) is 16.1 Å². The summed E-state index contributed by atoms with van der Waals surface area (Å²) in [5.74, 6) is -0.0636. The van der Waals surface area contributed by atoms with E-state index in [0.717, 1.165) is 11.3 Å². The fraction of sp³-hybridized carbons (Fsp3) is 0.333. The predicted octanol–water partition coefficient (Wildman–Crippen LogP) is 4.02. The fourth-order valence-electron chi connectivity index (χ4n) is 2.85. The molecule has 2 amide bonds.